The van der Waals surface area contributed by atoms with Crippen molar-refractivity contribution in [1.82, 2.24) is 9.88 Å². The fourth-order valence-corrected chi connectivity index (χ4v) is 2.04. The Morgan fingerprint density at radius 1 is 1.61 bits per heavy atom. The Morgan fingerprint density at radius 3 is 3.06 bits per heavy atom. The number of hydrogen-bond donors (Lipinski definition) is 2. The molecule has 1 fully saturated rings. The van der Waals surface area contributed by atoms with E-state index in [0.717, 1.165) is 6.42 Å². The van der Waals surface area contributed by atoms with Crippen LogP contribution in [0, 0.1) is 0 Å². The quantitative estimate of drug-likeness (QED) is 0.800. The van der Waals surface area contributed by atoms with E-state index in [2.05, 4.69) is 10.3 Å². The molecule has 1 unspecified atom stereocenters. The van der Waals surface area contributed by atoms with Crippen LogP contribution in [0.3, 0.4) is 0 Å². The van der Waals surface area contributed by atoms with E-state index in [0.29, 0.717) is 24.3 Å². The Hall–Kier alpha value is -2.11. The Kier molecular flexibility index (Phi) is 3.45. The maximum absolute atomic E-state index is 11.4. The molecule has 0 spiro atoms. The lowest BCUT2D eigenvalue weighted by molar-refractivity contribution is -0.132. The van der Waals surface area contributed by atoms with Crippen LogP contribution in [0.1, 0.15) is 23.2 Å². The molecule has 2 heterocycles. The number of nitrogens with one attached hydrogen (secondary N) is 1. The lowest BCUT2D eigenvalue weighted by atomic mass is 10.1. The average molecular weight is 248 g/mol. The highest BCUT2D eigenvalue weighted by molar-refractivity contribution is 5.97. The summed E-state index contributed by atoms with van der Waals surface area (Å²) >= 11 is 0. The van der Waals surface area contributed by atoms with Gasteiger partial charge in [0.25, 0.3) is 5.91 Å². The highest BCUT2D eigenvalue weighted by Gasteiger charge is 2.23. The minimum absolute atomic E-state index is 0.0979. The largest absolute Gasteiger partial charge is 0.365 e. The molecule has 0 aromatic carbocycles. The van der Waals surface area contributed by atoms with Gasteiger partial charge in [-0.1, -0.05) is 0 Å². The van der Waals surface area contributed by atoms with E-state index in [1.165, 1.54) is 0 Å². The van der Waals surface area contributed by atoms with Gasteiger partial charge in [-0.15, -0.1) is 0 Å². The van der Waals surface area contributed by atoms with Crippen LogP contribution < -0.4 is 11.1 Å². The number of aromatic nitrogens is 1. The fourth-order valence-electron chi connectivity index (χ4n) is 2.04. The Balaban J connectivity index is 2.10. The van der Waals surface area contributed by atoms with Crippen LogP contribution in [0.15, 0.2) is 18.3 Å². The van der Waals surface area contributed by atoms with Gasteiger partial charge in [0.2, 0.25) is 5.91 Å². The van der Waals surface area contributed by atoms with E-state index in [1.807, 2.05) is 0 Å². The van der Waals surface area contributed by atoms with Gasteiger partial charge in [0.15, 0.2) is 0 Å². The van der Waals surface area contributed by atoms with Crippen LogP contribution >= 0.6 is 0 Å². The Morgan fingerprint density at radius 2 is 2.39 bits per heavy atom. The van der Waals surface area contributed by atoms with Crippen LogP contribution in [0.25, 0.3) is 0 Å². The molecule has 3 N–H and O–H groups in total. The van der Waals surface area contributed by atoms with Crippen LogP contribution in [0.5, 0.6) is 0 Å². The van der Waals surface area contributed by atoms with E-state index >= 15 is 0 Å². The van der Waals surface area contributed by atoms with Crippen molar-refractivity contribution < 1.29 is 9.59 Å². The van der Waals surface area contributed by atoms with Crippen LogP contribution in [-0.4, -0.2) is 41.3 Å². The summed E-state index contributed by atoms with van der Waals surface area (Å²) in [4.78, 5) is 28.4. The summed E-state index contributed by atoms with van der Waals surface area (Å²) in [6.07, 6.45) is 2.84. The molecular formula is C12H16N4O2. The van der Waals surface area contributed by atoms with Gasteiger partial charge in [-0.2, -0.15) is 0 Å². The first-order chi connectivity index (χ1) is 8.58. The smallest absolute Gasteiger partial charge is 0.252 e. The number of pyridine rings is 1. The highest BCUT2D eigenvalue weighted by Crippen LogP contribution is 2.17. The summed E-state index contributed by atoms with van der Waals surface area (Å²) in [5.41, 5.74) is 5.66. The van der Waals surface area contributed by atoms with Crippen molar-refractivity contribution in [1.29, 1.82) is 0 Å². The number of primary amides is 1. The monoisotopic (exact) mass is 248 g/mol. The maximum atomic E-state index is 11.4. The number of nitrogens with zero attached hydrogens (tertiary/aromatic N) is 2. The lowest BCUT2D eigenvalue weighted by Crippen LogP contribution is -2.43. The van der Waals surface area contributed by atoms with Crippen LogP contribution in [-0.2, 0) is 4.79 Å². The van der Waals surface area contributed by atoms with Crippen LogP contribution in [0.4, 0.5) is 5.82 Å². The molecule has 0 saturated carbocycles. The molecule has 0 aliphatic carbocycles. The minimum atomic E-state index is -0.508. The fraction of sp³-hybridized carbons (Fsp3) is 0.417. The molecule has 1 aliphatic rings. The molecule has 2 amide bonds. The summed E-state index contributed by atoms with van der Waals surface area (Å²) in [6.45, 7) is 0.605. The third kappa shape index (κ3) is 2.58. The van der Waals surface area contributed by atoms with E-state index < -0.39 is 5.91 Å². The normalized spacial score (nSPS) is 19.7. The van der Waals surface area contributed by atoms with Gasteiger partial charge in [0, 0.05) is 32.3 Å². The maximum Gasteiger partial charge on any atom is 0.252 e. The summed E-state index contributed by atoms with van der Waals surface area (Å²) < 4.78 is 0. The number of rotatable bonds is 3. The number of anilines is 1. The summed E-state index contributed by atoms with van der Waals surface area (Å²) in [7, 11) is 1.77. The number of piperidine rings is 1. The first-order valence-electron chi connectivity index (χ1n) is 5.83. The predicted octanol–water partition coefficient (Wildman–Crippen LogP) is 0.213. The van der Waals surface area contributed by atoms with E-state index in [1.54, 1.807) is 30.3 Å². The number of carbonyl (C=O) groups is 2. The number of amides is 2. The minimum Gasteiger partial charge on any atom is -0.365 e. The highest BCUT2D eigenvalue weighted by atomic mass is 16.2. The SMILES string of the molecule is CN1CC(Nc2ncccc2C(N)=O)CCC1=O. The van der Waals surface area contributed by atoms with Gasteiger partial charge in [-0.3, -0.25) is 9.59 Å². The second-order valence-electron chi connectivity index (χ2n) is 4.42. The predicted molar refractivity (Wildman–Crippen MR) is 67.0 cm³/mol. The molecule has 96 valence electrons. The molecule has 6 heteroatoms. The Bertz CT molecular complexity index is 475. The number of carbonyl (C=O) groups excluding carboxylic acids is 2. The third-order valence-corrected chi connectivity index (χ3v) is 3.04. The van der Waals surface area contributed by atoms with Crippen LogP contribution in [0.2, 0.25) is 0 Å². The van der Waals surface area contributed by atoms with E-state index in [4.69, 9.17) is 5.73 Å². The molecule has 1 atom stereocenters. The zero-order valence-corrected chi connectivity index (χ0v) is 10.2. The topological polar surface area (TPSA) is 88.3 Å². The van der Waals surface area contributed by atoms with Crippen molar-refractivity contribution in [3.63, 3.8) is 0 Å². The van der Waals surface area contributed by atoms with Gasteiger partial charge >= 0.3 is 0 Å². The first-order valence-corrected chi connectivity index (χ1v) is 5.83. The Labute approximate surface area is 105 Å². The molecular weight excluding hydrogens is 232 g/mol. The molecule has 18 heavy (non-hydrogen) atoms. The zero-order chi connectivity index (χ0) is 13.1. The van der Waals surface area contributed by atoms with Gasteiger partial charge in [-0.25, -0.2) is 4.98 Å². The molecule has 1 aliphatic heterocycles. The van der Waals surface area contributed by atoms with Crippen molar-refractivity contribution in [3.05, 3.63) is 23.9 Å². The van der Waals surface area contributed by atoms with Crippen molar-refractivity contribution in [2.75, 3.05) is 18.9 Å². The number of likely N-dealkylation sites (N-methyl/N-ethyl adjacent to an activating group) is 1. The van der Waals surface area contributed by atoms with Gasteiger partial charge < -0.3 is 16.0 Å². The number of hydrogen-bond acceptors (Lipinski definition) is 4. The molecule has 1 aromatic heterocycles. The number of nitrogens with two attached hydrogens (primary N) is 1. The average Bonchev–Trinajstić information content (AvgIpc) is 2.34. The van der Waals surface area contributed by atoms with Gasteiger partial charge in [0.1, 0.15) is 5.82 Å². The van der Waals surface area contributed by atoms with Crippen molar-refractivity contribution >= 4 is 17.6 Å². The van der Waals surface area contributed by atoms with E-state index in [-0.39, 0.29) is 11.9 Å². The third-order valence-electron chi connectivity index (χ3n) is 3.04. The molecule has 2 rings (SSSR count). The first kappa shape index (κ1) is 12.3. The van der Waals surface area contributed by atoms with Crippen molar-refractivity contribution in [2.24, 2.45) is 5.73 Å². The number of likely N-dealkylation sites (tertiary alicyclic amines) is 1. The summed E-state index contributed by atoms with van der Waals surface area (Å²) in [5, 5.41) is 3.18. The zero-order valence-electron chi connectivity index (χ0n) is 10.2. The summed E-state index contributed by atoms with van der Waals surface area (Å²) in [5.74, 6) is 0.118. The summed E-state index contributed by atoms with van der Waals surface area (Å²) in [6, 6.07) is 3.40. The molecule has 1 saturated heterocycles. The van der Waals surface area contributed by atoms with Crippen molar-refractivity contribution in [2.45, 2.75) is 18.9 Å². The molecule has 1 aromatic rings. The molecule has 6 nitrogen and oxygen atoms in total. The standard InChI is InChI=1S/C12H16N4O2/c1-16-7-8(4-5-10(16)17)15-12-9(11(13)18)3-2-6-14-12/h2-3,6,8H,4-5,7H2,1H3,(H2,13,18)(H,14,15). The lowest BCUT2D eigenvalue weighted by Gasteiger charge is -2.30. The van der Waals surface area contributed by atoms with E-state index in [9.17, 15) is 9.59 Å². The molecule has 0 bridgehead atoms. The second kappa shape index (κ2) is 5.03. The second-order valence-corrected chi connectivity index (χ2v) is 4.42. The van der Waals surface area contributed by atoms with Gasteiger partial charge in [0.05, 0.1) is 5.56 Å². The molecule has 0 radical (unpaired) electrons. The van der Waals surface area contributed by atoms with Crippen molar-refractivity contribution in [3.8, 4) is 0 Å². The van der Waals surface area contributed by atoms with Gasteiger partial charge in [-0.05, 0) is 18.6 Å².